The highest BCUT2D eigenvalue weighted by molar-refractivity contribution is 6.02. The van der Waals surface area contributed by atoms with E-state index >= 15 is 0 Å². The number of carbonyl (C=O) groups is 4. The number of amides is 4. The van der Waals surface area contributed by atoms with Crippen LogP contribution in [0.25, 0.3) is 12.2 Å². The quantitative estimate of drug-likeness (QED) is 0.0710. The molecule has 0 saturated heterocycles. The molecule has 2 aliphatic rings. The van der Waals surface area contributed by atoms with Crippen molar-refractivity contribution in [1.29, 1.82) is 0 Å². The molecule has 0 saturated carbocycles. The number of hydrogen-bond donors (Lipinski definition) is 8. The summed E-state index contributed by atoms with van der Waals surface area (Å²) in [4.78, 5) is 55.4. The summed E-state index contributed by atoms with van der Waals surface area (Å²) in [6.45, 7) is 15.4. The highest BCUT2D eigenvalue weighted by atomic mass is 16.5. The summed E-state index contributed by atoms with van der Waals surface area (Å²) in [5, 5.41) is 23.7. The van der Waals surface area contributed by atoms with Crippen LogP contribution in [-0.4, -0.2) is 44.0 Å². The molecule has 2 aliphatic heterocycles. The van der Waals surface area contributed by atoms with Gasteiger partial charge in [-0.05, 0) is 101 Å². The fourth-order valence-corrected chi connectivity index (χ4v) is 6.43. The van der Waals surface area contributed by atoms with Gasteiger partial charge in [-0.3, -0.25) is 29.6 Å². The normalized spacial score (nSPS) is 16.1. The lowest BCUT2D eigenvalue weighted by molar-refractivity contribution is -0.129. The predicted octanol–water partition coefficient (Wildman–Crippen LogP) is 4.93. The second kappa shape index (κ2) is 16.3. The first-order valence-corrected chi connectivity index (χ1v) is 16.4. The van der Waals surface area contributed by atoms with Gasteiger partial charge in [-0.2, -0.15) is 0 Å². The van der Waals surface area contributed by atoms with E-state index in [4.69, 9.17) is 10.4 Å². The van der Waals surface area contributed by atoms with E-state index in [-0.39, 0.29) is 24.7 Å². The van der Waals surface area contributed by atoms with Crippen molar-refractivity contribution in [3.8, 4) is 0 Å². The van der Waals surface area contributed by atoms with Gasteiger partial charge in [0, 0.05) is 64.3 Å². The Labute approximate surface area is 286 Å². The fraction of sp³-hybridized carbons (Fsp3) is 0.351. The van der Waals surface area contributed by atoms with Crippen molar-refractivity contribution < 1.29 is 29.6 Å². The van der Waals surface area contributed by atoms with Gasteiger partial charge in [-0.25, -0.2) is 11.0 Å². The van der Waals surface area contributed by atoms with Crippen molar-refractivity contribution in [2.75, 3.05) is 0 Å². The van der Waals surface area contributed by atoms with Crippen LogP contribution in [0.2, 0.25) is 0 Å². The molecule has 2 aromatic rings. The molecule has 0 bridgehead atoms. The minimum atomic E-state index is -0.430. The molecule has 4 rings (SSSR count). The van der Waals surface area contributed by atoms with E-state index in [0.29, 0.717) is 67.5 Å². The Bertz CT molecular complexity index is 1690. The highest BCUT2D eigenvalue weighted by Gasteiger charge is 2.25. The fourth-order valence-electron chi connectivity index (χ4n) is 6.43. The molecule has 49 heavy (non-hydrogen) atoms. The van der Waals surface area contributed by atoms with Crippen LogP contribution in [0.5, 0.6) is 0 Å². The molecule has 0 atom stereocenters. The summed E-state index contributed by atoms with van der Waals surface area (Å²) < 4.78 is 0. The van der Waals surface area contributed by atoms with Crippen LogP contribution in [0.3, 0.4) is 0 Å². The van der Waals surface area contributed by atoms with Gasteiger partial charge < -0.3 is 20.6 Å². The average Bonchev–Trinajstić information content (AvgIpc) is 3.73. The number of nitrogens with one attached hydrogen (secondary N) is 6. The van der Waals surface area contributed by atoms with Crippen LogP contribution in [-0.2, 0) is 38.4 Å². The number of aromatic amines is 2. The van der Waals surface area contributed by atoms with E-state index in [2.05, 4.69) is 33.8 Å². The van der Waals surface area contributed by atoms with Gasteiger partial charge in [0.2, 0.25) is 11.8 Å². The van der Waals surface area contributed by atoms with Crippen molar-refractivity contribution in [3.05, 3.63) is 104 Å². The first-order valence-electron chi connectivity index (χ1n) is 16.4. The third-order valence-corrected chi connectivity index (χ3v) is 9.33. The number of H-pyrrole nitrogens is 2. The van der Waals surface area contributed by atoms with Gasteiger partial charge in [0.25, 0.3) is 11.8 Å². The Hall–Kier alpha value is -5.20. The van der Waals surface area contributed by atoms with E-state index < -0.39 is 11.8 Å². The molecule has 12 nitrogen and oxygen atoms in total. The Morgan fingerprint density at radius 1 is 0.673 bits per heavy atom. The molecule has 8 N–H and O–H groups in total. The molecule has 0 unspecified atom stereocenters. The summed E-state index contributed by atoms with van der Waals surface area (Å²) in [6.07, 6.45) is 12.0. The van der Waals surface area contributed by atoms with Gasteiger partial charge in [0.15, 0.2) is 0 Å². The van der Waals surface area contributed by atoms with Crippen molar-refractivity contribution in [2.24, 2.45) is 0 Å². The number of allylic oxidation sites excluding steroid dienone is 2. The third-order valence-electron chi connectivity index (χ3n) is 9.33. The van der Waals surface area contributed by atoms with Crippen LogP contribution in [0, 0.1) is 13.8 Å². The molecule has 4 heterocycles. The average molecular weight is 671 g/mol. The first-order chi connectivity index (χ1) is 23.4. The summed E-state index contributed by atoms with van der Waals surface area (Å²) >= 11 is 0. The lowest BCUT2D eigenvalue weighted by Gasteiger charge is -2.09. The molecular formula is C37H46N6O6. The van der Waals surface area contributed by atoms with E-state index in [1.165, 1.54) is 0 Å². The molecule has 0 fully saturated rings. The first kappa shape index (κ1) is 36.6. The SMILES string of the molecule is C=CC1=C(C)C(=O)NC1=Cc1[nH]c(Cc2[nH]c(C=C3NC(=O)C(C)=C3C=C)c(C)c2CCCCC(=O)NO)c(CCCCC(=O)NO)c1C. The third kappa shape index (κ3) is 8.27. The van der Waals surface area contributed by atoms with E-state index in [1.807, 2.05) is 26.0 Å². The van der Waals surface area contributed by atoms with Crippen molar-refractivity contribution >= 4 is 35.8 Å². The molecule has 260 valence electrons. The Morgan fingerprint density at radius 2 is 1.06 bits per heavy atom. The van der Waals surface area contributed by atoms with Crippen LogP contribution in [0.1, 0.15) is 97.4 Å². The van der Waals surface area contributed by atoms with Gasteiger partial charge in [-0.1, -0.05) is 25.3 Å². The van der Waals surface area contributed by atoms with Crippen LogP contribution in [0.15, 0.2) is 59.0 Å². The molecule has 0 spiro atoms. The highest BCUT2D eigenvalue weighted by Crippen LogP contribution is 2.32. The number of aromatic nitrogens is 2. The van der Waals surface area contributed by atoms with E-state index in [1.54, 1.807) is 37.0 Å². The monoisotopic (exact) mass is 670 g/mol. The molecule has 0 aliphatic carbocycles. The van der Waals surface area contributed by atoms with Crippen molar-refractivity contribution in [3.63, 3.8) is 0 Å². The molecule has 12 heteroatoms. The van der Waals surface area contributed by atoms with Crippen molar-refractivity contribution in [2.45, 2.75) is 85.5 Å². The summed E-state index contributed by atoms with van der Waals surface area (Å²) in [5.41, 5.74) is 15.2. The van der Waals surface area contributed by atoms with Crippen LogP contribution < -0.4 is 21.6 Å². The zero-order valence-electron chi connectivity index (χ0n) is 28.6. The predicted molar refractivity (Wildman–Crippen MR) is 187 cm³/mol. The second-order valence-electron chi connectivity index (χ2n) is 12.4. The Balaban J connectivity index is 1.75. The zero-order valence-corrected chi connectivity index (χ0v) is 28.6. The lowest BCUT2D eigenvalue weighted by Crippen LogP contribution is -2.17. The maximum absolute atomic E-state index is 12.4. The number of unbranched alkanes of at least 4 members (excludes halogenated alkanes) is 2. The summed E-state index contributed by atoms with van der Waals surface area (Å²) in [5.74, 6) is -1.19. The Kier molecular flexibility index (Phi) is 12.2. The smallest absolute Gasteiger partial charge is 0.251 e. The number of hydrogen-bond acceptors (Lipinski definition) is 6. The lowest BCUT2D eigenvalue weighted by atomic mass is 9.97. The van der Waals surface area contributed by atoms with Gasteiger partial charge >= 0.3 is 0 Å². The molecule has 2 aromatic heterocycles. The van der Waals surface area contributed by atoms with Crippen LogP contribution >= 0.6 is 0 Å². The molecule has 0 radical (unpaired) electrons. The maximum atomic E-state index is 12.4. The van der Waals surface area contributed by atoms with Crippen LogP contribution in [0.4, 0.5) is 0 Å². The number of hydroxylamine groups is 2. The minimum absolute atomic E-state index is 0.166. The molecule has 4 amide bonds. The number of carbonyl (C=O) groups excluding carboxylic acids is 4. The van der Waals surface area contributed by atoms with Crippen molar-refractivity contribution in [1.82, 2.24) is 31.6 Å². The Morgan fingerprint density at radius 3 is 1.41 bits per heavy atom. The summed E-state index contributed by atoms with van der Waals surface area (Å²) in [6, 6.07) is 0. The molecular weight excluding hydrogens is 624 g/mol. The summed E-state index contributed by atoms with van der Waals surface area (Å²) in [7, 11) is 0. The molecule has 0 aromatic carbocycles. The standard InChI is InChI=1S/C37H46N6O6/c1-7-24-22(5)36(46)40-30(24)17-28-20(3)26(13-9-11-15-34(44)42-48)32(38-28)19-33-27(14-10-12-16-35(45)43-49)21(4)29(39-33)18-31-25(8-2)23(6)37(47)41-31/h7-8,17-18,38-39,48-49H,1-2,9-16,19H2,3-6H3,(H,40,46)(H,41,47)(H,42,44)(H,43,45). The van der Waals surface area contributed by atoms with Gasteiger partial charge in [-0.15, -0.1) is 0 Å². The minimum Gasteiger partial charge on any atom is -0.358 e. The maximum Gasteiger partial charge on any atom is 0.251 e. The van der Waals surface area contributed by atoms with Gasteiger partial charge in [0.05, 0.1) is 11.4 Å². The van der Waals surface area contributed by atoms with E-state index in [9.17, 15) is 19.2 Å². The topological polar surface area (TPSA) is 188 Å². The zero-order chi connectivity index (χ0) is 35.8. The second-order valence-corrected chi connectivity index (χ2v) is 12.4. The van der Waals surface area contributed by atoms with Gasteiger partial charge in [0.1, 0.15) is 0 Å². The number of rotatable bonds is 16. The largest absolute Gasteiger partial charge is 0.358 e. The van der Waals surface area contributed by atoms with E-state index in [0.717, 1.165) is 56.2 Å².